The van der Waals surface area contributed by atoms with Crippen LogP contribution in [-0.4, -0.2) is 38.2 Å². The summed E-state index contributed by atoms with van der Waals surface area (Å²) in [6.45, 7) is 11.0. The van der Waals surface area contributed by atoms with Crippen molar-refractivity contribution < 1.29 is 0 Å². The Labute approximate surface area is 103 Å². The van der Waals surface area contributed by atoms with E-state index in [-0.39, 0.29) is 0 Å². The van der Waals surface area contributed by atoms with E-state index in [2.05, 4.69) is 41.2 Å². The third-order valence-corrected chi connectivity index (χ3v) is 3.35. The molecule has 0 aromatic carbocycles. The molecule has 0 aliphatic carbocycles. The van der Waals surface area contributed by atoms with E-state index in [0.29, 0.717) is 0 Å². The van der Waals surface area contributed by atoms with Crippen LogP contribution in [0, 0.1) is 11.8 Å². The van der Waals surface area contributed by atoms with Crippen LogP contribution in [0.2, 0.25) is 0 Å². The third kappa shape index (κ3) is 3.25. The van der Waals surface area contributed by atoms with Crippen molar-refractivity contribution in [2.24, 2.45) is 11.8 Å². The molecule has 0 bridgehead atoms. The first-order valence-electron chi connectivity index (χ1n) is 6.66. The molecule has 1 aromatic heterocycles. The van der Waals surface area contributed by atoms with E-state index in [1.807, 2.05) is 4.68 Å². The van der Waals surface area contributed by atoms with Crippen molar-refractivity contribution in [3.63, 3.8) is 0 Å². The van der Waals surface area contributed by atoms with Gasteiger partial charge in [-0.15, -0.1) is 5.10 Å². The second-order valence-corrected chi connectivity index (χ2v) is 5.46. The third-order valence-electron chi connectivity index (χ3n) is 3.35. The van der Waals surface area contributed by atoms with Gasteiger partial charge in [0.2, 0.25) is 0 Å². The first kappa shape index (κ1) is 12.5. The van der Waals surface area contributed by atoms with E-state index in [4.69, 9.17) is 0 Å². The molecule has 1 saturated heterocycles. The van der Waals surface area contributed by atoms with Crippen LogP contribution in [-0.2, 0) is 13.1 Å². The number of likely N-dealkylation sites (tertiary alicyclic amines) is 1. The minimum atomic E-state index is 0.786. The summed E-state index contributed by atoms with van der Waals surface area (Å²) >= 11 is 0. The summed E-state index contributed by atoms with van der Waals surface area (Å²) in [6.07, 6.45) is 2.42. The Morgan fingerprint density at radius 2 is 1.94 bits per heavy atom. The number of rotatable bonds is 4. The lowest BCUT2D eigenvalue weighted by molar-refractivity contribution is 0.129. The van der Waals surface area contributed by atoms with Crippen LogP contribution in [0.4, 0.5) is 0 Å². The summed E-state index contributed by atoms with van der Waals surface area (Å²) in [5.74, 6) is 2.58. The zero-order chi connectivity index (χ0) is 12.3. The number of aryl methyl sites for hydroxylation is 1. The van der Waals surface area contributed by atoms with Gasteiger partial charge in [-0.3, -0.25) is 4.90 Å². The predicted molar refractivity (Wildman–Crippen MR) is 66.3 cm³/mol. The van der Waals surface area contributed by atoms with Gasteiger partial charge < -0.3 is 0 Å². The number of tetrazole rings is 1. The predicted octanol–water partition coefficient (Wildman–Crippen LogP) is 1.56. The molecule has 0 N–H and O–H groups in total. The maximum atomic E-state index is 4.14. The van der Waals surface area contributed by atoms with Gasteiger partial charge in [0.1, 0.15) is 0 Å². The Kier molecular flexibility index (Phi) is 4.10. The van der Waals surface area contributed by atoms with E-state index in [0.717, 1.165) is 37.2 Å². The van der Waals surface area contributed by atoms with Crippen molar-refractivity contribution in [3.05, 3.63) is 5.82 Å². The highest BCUT2D eigenvalue weighted by Crippen LogP contribution is 2.21. The van der Waals surface area contributed by atoms with E-state index in [1.54, 1.807) is 0 Å². The molecule has 2 rings (SSSR count). The van der Waals surface area contributed by atoms with Gasteiger partial charge in [0.05, 0.1) is 6.54 Å². The monoisotopic (exact) mass is 237 g/mol. The molecule has 1 aromatic rings. The largest absolute Gasteiger partial charge is 0.295 e. The zero-order valence-electron chi connectivity index (χ0n) is 11.1. The van der Waals surface area contributed by atoms with E-state index in [1.165, 1.54) is 19.5 Å². The quantitative estimate of drug-likeness (QED) is 0.797. The van der Waals surface area contributed by atoms with E-state index in [9.17, 15) is 0 Å². The molecular formula is C12H23N5. The molecule has 0 spiro atoms. The number of hydrogen-bond acceptors (Lipinski definition) is 4. The molecule has 2 heterocycles. The molecule has 1 aliphatic heterocycles. The number of aromatic nitrogens is 4. The smallest absolute Gasteiger partial charge is 0.165 e. The summed E-state index contributed by atoms with van der Waals surface area (Å²) < 4.78 is 1.93. The van der Waals surface area contributed by atoms with Gasteiger partial charge in [-0.25, -0.2) is 4.68 Å². The molecule has 0 unspecified atom stereocenters. The molecular weight excluding hydrogens is 214 g/mol. The van der Waals surface area contributed by atoms with E-state index < -0.39 is 0 Å². The summed E-state index contributed by atoms with van der Waals surface area (Å²) in [5, 5.41) is 12.0. The molecule has 1 fully saturated rings. The van der Waals surface area contributed by atoms with Crippen molar-refractivity contribution >= 4 is 0 Å². The summed E-state index contributed by atoms with van der Waals surface area (Å²) in [7, 11) is 0. The van der Waals surface area contributed by atoms with Crippen molar-refractivity contribution in [2.45, 2.75) is 46.7 Å². The highest BCUT2D eigenvalue weighted by molar-refractivity contribution is 4.84. The lowest BCUT2D eigenvalue weighted by Gasteiger charge is -2.34. The summed E-state index contributed by atoms with van der Waals surface area (Å²) in [4.78, 5) is 2.48. The van der Waals surface area contributed by atoms with Gasteiger partial charge in [-0.1, -0.05) is 20.8 Å². The van der Waals surface area contributed by atoms with Gasteiger partial charge in [0.25, 0.3) is 0 Å². The fraction of sp³-hybridized carbons (Fsp3) is 0.917. The number of piperidine rings is 1. The van der Waals surface area contributed by atoms with Crippen molar-refractivity contribution in [1.29, 1.82) is 0 Å². The first-order valence-corrected chi connectivity index (χ1v) is 6.66. The second kappa shape index (κ2) is 5.58. The molecule has 5 nitrogen and oxygen atoms in total. The van der Waals surface area contributed by atoms with Crippen LogP contribution in [0.15, 0.2) is 0 Å². The fourth-order valence-corrected chi connectivity index (χ4v) is 2.84. The van der Waals surface area contributed by atoms with Crippen LogP contribution in [0.3, 0.4) is 0 Å². The normalized spacial score (nSPS) is 26.3. The van der Waals surface area contributed by atoms with Crippen LogP contribution in [0.1, 0.15) is 39.4 Å². The van der Waals surface area contributed by atoms with Crippen molar-refractivity contribution in [1.82, 2.24) is 25.1 Å². The number of nitrogens with zero attached hydrogens (tertiary/aromatic N) is 5. The van der Waals surface area contributed by atoms with Crippen LogP contribution >= 0.6 is 0 Å². The maximum Gasteiger partial charge on any atom is 0.165 e. The van der Waals surface area contributed by atoms with Crippen LogP contribution < -0.4 is 0 Å². The molecule has 0 saturated carbocycles. The average molecular weight is 237 g/mol. The van der Waals surface area contributed by atoms with Gasteiger partial charge in [0.15, 0.2) is 5.82 Å². The highest BCUT2D eigenvalue weighted by Gasteiger charge is 2.23. The standard InChI is InChI=1S/C12H23N5/c1-4-5-17-12(13-14-15-17)9-16-7-10(2)6-11(3)8-16/h10-11H,4-9H2,1-3H3/t10-,11-/m1/s1. The first-order chi connectivity index (χ1) is 8.19. The highest BCUT2D eigenvalue weighted by atomic mass is 15.5. The van der Waals surface area contributed by atoms with Crippen LogP contribution in [0.25, 0.3) is 0 Å². The molecule has 0 amide bonds. The lowest BCUT2D eigenvalue weighted by atomic mass is 9.92. The van der Waals surface area contributed by atoms with Gasteiger partial charge in [-0.05, 0) is 35.1 Å². The van der Waals surface area contributed by atoms with Crippen LogP contribution in [0.5, 0.6) is 0 Å². The van der Waals surface area contributed by atoms with Gasteiger partial charge in [0, 0.05) is 19.6 Å². The lowest BCUT2D eigenvalue weighted by Crippen LogP contribution is -2.38. The molecule has 1 aliphatic rings. The van der Waals surface area contributed by atoms with Gasteiger partial charge >= 0.3 is 0 Å². The summed E-state index contributed by atoms with van der Waals surface area (Å²) in [6, 6.07) is 0. The molecule has 0 radical (unpaired) electrons. The molecule has 2 atom stereocenters. The molecule has 96 valence electrons. The number of hydrogen-bond donors (Lipinski definition) is 0. The maximum absolute atomic E-state index is 4.14. The Morgan fingerprint density at radius 3 is 2.59 bits per heavy atom. The van der Waals surface area contributed by atoms with Crippen molar-refractivity contribution in [2.75, 3.05) is 13.1 Å². The summed E-state index contributed by atoms with van der Waals surface area (Å²) in [5.41, 5.74) is 0. The Morgan fingerprint density at radius 1 is 1.24 bits per heavy atom. The molecule has 17 heavy (non-hydrogen) atoms. The fourth-order valence-electron chi connectivity index (χ4n) is 2.84. The van der Waals surface area contributed by atoms with Crippen molar-refractivity contribution in [3.8, 4) is 0 Å². The second-order valence-electron chi connectivity index (χ2n) is 5.46. The Bertz CT molecular complexity index is 338. The minimum absolute atomic E-state index is 0.786. The Hall–Kier alpha value is -0.970. The molecule has 5 heteroatoms. The topological polar surface area (TPSA) is 46.8 Å². The average Bonchev–Trinajstić information content (AvgIpc) is 2.65. The Balaban J connectivity index is 1.97. The van der Waals surface area contributed by atoms with Gasteiger partial charge in [-0.2, -0.15) is 0 Å². The minimum Gasteiger partial charge on any atom is -0.295 e. The zero-order valence-corrected chi connectivity index (χ0v) is 11.1. The SMILES string of the molecule is CCCn1nnnc1CN1C[C@H](C)C[C@@H](C)C1. The van der Waals surface area contributed by atoms with E-state index >= 15 is 0 Å².